The van der Waals surface area contributed by atoms with Crippen molar-refractivity contribution >= 4 is 23.5 Å². The molecule has 0 saturated heterocycles. The molecule has 3 saturated carbocycles. The Bertz CT molecular complexity index is 1420. The highest BCUT2D eigenvalue weighted by Gasteiger charge is 2.34. The molecule has 2 aromatic heterocycles. The number of carbonyl (C=O) groups is 2. The predicted molar refractivity (Wildman–Crippen MR) is 173 cm³/mol. The lowest BCUT2D eigenvalue weighted by Gasteiger charge is -2.36. The van der Waals surface area contributed by atoms with E-state index in [1.54, 1.807) is 7.05 Å². The van der Waals surface area contributed by atoms with Crippen LogP contribution in [0.4, 0.5) is 16.3 Å². The van der Waals surface area contributed by atoms with E-state index in [0.717, 1.165) is 67.7 Å². The molecule has 6 rings (SSSR count). The van der Waals surface area contributed by atoms with Crippen LogP contribution in [0.1, 0.15) is 81.7 Å². The van der Waals surface area contributed by atoms with Gasteiger partial charge in [0.2, 0.25) is 5.91 Å². The quantitative estimate of drug-likeness (QED) is 0.300. The maximum Gasteiger partial charge on any atom is 0.407 e. The van der Waals surface area contributed by atoms with Crippen molar-refractivity contribution < 1.29 is 14.3 Å². The lowest BCUT2D eigenvalue weighted by atomic mass is 9.78. The molecule has 0 atom stereocenters. The van der Waals surface area contributed by atoms with Gasteiger partial charge in [0.25, 0.3) is 0 Å². The molecule has 3 aliphatic rings. The van der Waals surface area contributed by atoms with E-state index in [1.165, 1.54) is 18.4 Å². The Morgan fingerprint density at radius 3 is 2.36 bits per heavy atom. The molecule has 1 N–H and O–H groups in total. The van der Waals surface area contributed by atoms with E-state index >= 15 is 0 Å². The smallest absolute Gasteiger partial charge is 0.407 e. The molecule has 2 heterocycles. The van der Waals surface area contributed by atoms with Crippen molar-refractivity contribution in [1.82, 2.24) is 20.1 Å². The molecule has 2 amide bonds. The second-order valence-corrected chi connectivity index (χ2v) is 13.1. The second-order valence-electron chi connectivity index (χ2n) is 13.1. The number of anilines is 2. The first-order valence-corrected chi connectivity index (χ1v) is 16.4. The molecule has 9 heteroatoms. The minimum Gasteiger partial charge on any atom is -0.446 e. The van der Waals surface area contributed by atoms with Crippen LogP contribution in [0.3, 0.4) is 0 Å². The third kappa shape index (κ3) is 7.08. The van der Waals surface area contributed by atoms with Crippen molar-refractivity contribution in [2.24, 2.45) is 11.8 Å². The maximum absolute atomic E-state index is 14.3. The molecule has 0 bridgehead atoms. The number of hydrogen-bond donors (Lipinski definition) is 1. The minimum atomic E-state index is -0.400. The first-order valence-electron chi connectivity index (χ1n) is 16.4. The molecular formula is C35H46N6O3. The van der Waals surface area contributed by atoms with Gasteiger partial charge in [-0.25, -0.2) is 9.78 Å². The minimum absolute atomic E-state index is 0.0709. The summed E-state index contributed by atoms with van der Waals surface area (Å²) in [4.78, 5) is 34.7. The first-order chi connectivity index (χ1) is 21.4. The van der Waals surface area contributed by atoms with Crippen LogP contribution in [0.2, 0.25) is 0 Å². The Balaban J connectivity index is 1.16. The topological polar surface area (TPSA) is 92.6 Å². The van der Waals surface area contributed by atoms with Gasteiger partial charge in [-0.05, 0) is 105 Å². The normalized spacial score (nSPS) is 23.5. The Labute approximate surface area is 261 Å². The van der Waals surface area contributed by atoms with Crippen LogP contribution in [0.5, 0.6) is 0 Å². The molecule has 3 aromatic rings. The van der Waals surface area contributed by atoms with Gasteiger partial charge in [0.05, 0.1) is 12.2 Å². The Morgan fingerprint density at radius 2 is 1.70 bits per heavy atom. The van der Waals surface area contributed by atoms with Gasteiger partial charge in [-0.2, -0.15) is 5.10 Å². The molecule has 44 heavy (non-hydrogen) atoms. The molecule has 0 aliphatic heterocycles. The lowest BCUT2D eigenvalue weighted by molar-refractivity contribution is -0.124. The van der Waals surface area contributed by atoms with Gasteiger partial charge >= 0.3 is 6.09 Å². The summed E-state index contributed by atoms with van der Waals surface area (Å²) in [6, 6.07) is 13.3. The van der Waals surface area contributed by atoms with Gasteiger partial charge in [-0.3, -0.25) is 9.48 Å². The van der Waals surface area contributed by atoms with Crippen molar-refractivity contribution in [2.75, 3.05) is 37.5 Å². The molecule has 3 fully saturated rings. The van der Waals surface area contributed by atoms with E-state index in [9.17, 15) is 9.59 Å². The Kier molecular flexibility index (Phi) is 9.19. The molecular weight excluding hydrogens is 552 g/mol. The highest BCUT2D eigenvalue weighted by Crippen LogP contribution is 2.39. The Morgan fingerprint density at radius 1 is 0.932 bits per heavy atom. The number of hydrogen-bond acceptors (Lipinski definition) is 6. The molecule has 3 aliphatic carbocycles. The molecule has 0 radical (unpaired) electrons. The van der Waals surface area contributed by atoms with Crippen LogP contribution in [0.25, 0.3) is 11.1 Å². The zero-order valence-electron chi connectivity index (χ0n) is 26.3. The second kappa shape index (κ2) is 13.4. The number of amides is 2. The molecule has 0 spiro atoms. The van der Waals surface area contributed by atoms with Gasteiger partial charge in [0.15, 0.2) is 0 Å². The number of alkyl carbamates (subject to hydrolysis) is 1. The van der Waals surface area contributed by atoms with Crippen LogP contribution in [0.15, 0.2) is 55.0 Å². The van der Waals surface area contributed by atoms with Crippen molar-refractivity contribution in [3.05, 3.63) is 60.6 Å². The fraction of sp³-hybridized carbons (Fsp3) is 0.543. The monoisotopic (exact) mass is 598 g/mol. The van der Waals surface area contributed by atoms with E-state index in [0.29, 0.717) is 30.7 Å². The van der Waals surface area contributed by atoms with Gasteiger partial charge in [-0.1, -0.05) is 18.2 Å². The van der Waals surface area contributed by atoms with Crippen LogP contribution in [0, 0.1) is 11.8 Å². The average Bonchev–Trinajstić information content (AvgIpc) is 3.79. The average molecular weight is 599 g/mol. The van der Waals surface area contributed by atoms with Gasteiger partial charge in [0.1, 0.15) is 11.9 Å². The number of pyridine rings is 1. The van der Waals surface area contributed by atoms with Gasteiger partial charge < -0.3 is 19.9 Å². The van der Waals surface area contributed by atoms with Crippen molar-refractivity contribution in [3.63, 3.8) is 0 Å². The number of nitrogens with zero attached hydrogens (tertiary/aromatic N) is 5. The lowest BCUT2D eigenvalue weighted by Crippen LogP contribution is -2.42. The summed E-state index contributed by atoms with van der Waals surface area (Å²) in [6.45, 7) is 0.725. The summed E-state index contributed by atoms with van der Waals surface area (Å²) < 4.78 is 7.57. The summed E-state index contributed by atoms with van der Waals surface area (Å²) in [5.41, 5.74) is 4.46. The van der Waals surface area contributed by atoms with E-state index in [-0.39, 0.29) is 17.9 Å². The summed E-state index contributed by atoms with van der Waals surface area (Å²) in [5.74, 6) is 2.06. The number of rotatable bonds is 9. The fourth-order valence-electron chi connectivity index (χ4n) is 6.90. The van der Waals surface area contributed by atoms with E-state index in [1.807, 2.05) is 31.4 Å². The first kappa shape index (κ1) is 30.2. The summed E-state index contributed by atoms with van der Waals surface area (Å²) in [6.07, 6.45) is 15.3. The number of ether oxygens (including phenoxy) is 1. The van der Waals surface area contributed by atoms with Crippen molar-refractivity contribution in [1.29, 1.82) is 0 Å². The predicted octanol–water partition coefficient (Wildman–Crippen LogP) is 6.57. The summed E-state index contributed by atoms with van der Waals surface area (Å²) >= 11 is 0. The van der Waals surface area contributed by atoms with E-state index in [4.69, 9.17) is 4.74 Å². The zero-order valence-corrected chi connectivity index (χ0v) is 26.3. The molecule has 234 valence electrons. The number of carbonyl (C=O) groups excluding carboxylic acids is 2. The largest absolute Gasteiger partial charge is 0.446 e. The maximum atomic E-state index is 14.3. The SMILES string of the molecule is CNC(=O)O[C@H]1CC[C@H](C(=O)N(C[C@H]2CC[C@H](c3ccc(N(C)C)nc3)CC2)c2cccc(-c3cnn(C4CC4)c3)c2)CC1. The fourth-order valence-corrected chi connectivity index (χ4v) is 6.90. The summed E-state index contributed by atoms with van der Waals surface area (Å²) in [7, 11) is 5.61. The van der Waals surface area contributed by atoms with E-state index in [2.05, 4.69) is 67.6 Å². The van der Waals surface area contributed by atoms with Crippen LogP contribution in [-0.2, 0) is 9.53 Å². The number of nitrogens with one attached hydrogen (secondary N) is 1. The van der Waals surface area contributed by atoms with Crippen molar-refractivity contribution in [2.45, 2.75) is 82.3 Å². The summed E-state index contributed by atoms with van der Waals surface area (Å²) in [5, 5.41) is 7.13. The third-order valence-electron chi connectivity index (χ3n) is 9.77. The highest BCUT2D eigenvalue weighted by atomic mass is 16.6. The van der Waals surface area contributed by atoms with Crippen molar-refractivity contribution in [3.8, 4) is 11.1 Å². The van der Waals surface area contributed by atoms with Crippen LogP contribution < -0.4 is 15.1 Å². The van der Waals surface area contributed by atoms with Crippen LogP contribution >= 0.6 is 0 Å². The number of benzene rings is 1. The highest BCUT2D eigenvalue weighted by molar-refractivity contribution is 5.95. The van der Waals surface area contributed by atoms with Crippen LogP contribution in [-0.4, -0.2) is 60.6 Å². The standard InChI is InChI=1S/C35H46N6O3/c1-36-35(43)44-32-16-11-26(12-17-32)34(42)40(31-6-4-5-27(19-31)29-21-38-41(23-29)30-14-15-30)22-24-7-9-25(10-8-24)28-13-18-33(37-20-28)39(2)3/h4-6,13,18-21,23-26,30,32H,7-12,14-17,22H2,1-3H3,(H,36,43)/t24-,25-,26-,32-. The molecule has 0 unspecified atom stereocenters. The third-order valence-corrected chi connectivity index (χ3v) is 9.77. The Hall–Kier alpha value is -3.88. The molecule has 1 aromatic carbocycles. The van der Waals surface area contributed by atoms with Gasteiger partial charge in [-0.15, -0.1) is 0 Å². The van der Waals surface area contributed by atoms with E-state index < -0.39 is 6.09 Å². The zero-order chi connectivity index (χ0) is 30.6. The van der Waals surface area contributed by atoms with Gasteiger partial charge in [0, 0.05) is 57.3 Å². The molecule has 9 nitrogen and oxygen atoms in total. The number of aromatic nitrogens is 3.